The van der Waals surface area contributed by atoms with Gasteiger partial charge >= 0.3 is 5.97 Å². The molecule has 1 aliphatic carbocycles. The van der Waals surface area contributed by atoms with Crippen LogP contribution in [0.2, 0.25) is 0 Å². The molecule has 15 heavy (non-hydrogen) atoms. The molecule has 0 aromatic heterocycles. The highest BCUT2D eigenvalue weighted by atomic mass is 16.6. The monoisotopic (exact) mass is 212 g/mol. The number of carboxylic acid groups (broad SMARTS) is 1. The molecule has 2 rings (SSSR count). The average molecular weight is 212 g/mol. The van der Waals surface area contributed by atoms with Gasteiger partial charge in [0, 0.05) is 0 Å². The molecule has 3 unspecified atom stereocenters. The van der Waals surface area contributed by atoms with E-state index in [1.807, 2.05) is 0 Å². The van der Waals surface area contributed by atoms with Gasteiger partial charge in [-0.05, 0) is 25.7 Å². The Kier molecular flexibility index (Phi) is 2.69. The van der Waals surface area contributed by atoms with Crippen molar-refractivity contribution in [2.24, 2.45) is 5.41 Å². The molecule has 1 aliphatic heterocycles. The lowest BCUT2D eigenvalue weighted by molar-refractivity contribution is -0.151. The van der Waals surface area contributed by atoms with Gasteiger partial charge in [0.05, 0.1) is 30.5 Å². The Morgan fingerprint density at radius 3 is 3.07 bits per heavy atom. The van der Waals surface area contributed by atoms with Gasteiger partial charge < -0.3 is 14.6 Å². The van der Waals surface area contributed by atoms with Crippen molar-refractivity contribution < 1.29 is 19.4 Å². The summed E-state index contributed by atoms with van der Waals surface area (Å²) in [7, 11) is 0. The molecule has 1 heterocycles. The fourth-order valence-corrected chi connectivity index (χ4v) is 2.38. The molecule has 2 fully saturated rings. The molecule has 84 valence electrons. The Morgan fingerprint density at radius 2 is 2.47 bits per heavy atom. The first-order valence-corrected chi connectivity index (χ1v) is 5.29. The lowest BCUT2D eigenvalue weighted by Gasteiger charge is -2.30. The number of carbonyl (C=O) groups is 1. The molecule has 0 aromatic rings. The van der Waals surface area contributed by atoms with Crippen molar-refractivity contribution in [3.05, 3.63) is 12.8 Å². The predicted octanol–water partition coefficient (Wildman–Crippen LogP) is 1.56. The van der Waals surface area contributed by atoms with Crippen molar-refractivity contribution in [2.45, 2.75) is 37.9 Å². The van der Waals surface area contributed by atoms with Crippen LogP contribution >= 0.6 is 0 Å². The quantitative estimate of drug-likeness (QED) is 0.427. The largest absolute Gasteiger partial charge is 0.502 e. The van der Waals surface area contributed by atoms with Crippen LogP contribution in [0, 0.1) is 5.41 Å². The van der Waals surface area contributed by atoms with E-state index >= 15 is 0 Å². The first kappa shape index (κ1) is 10.5. The van der Waals surface area contributed by atoms with Gasteiger partial charge in [-0.2, -0.15) is 0 Å². The van der Waals surface area contributed by atoms with Crippen LogP contribution in [0.5, 0.6) is 0 Å². The van der Waals surface area contributed by atoms with Gasteiger partial charge in [0.25, 0.3) is 0 Å². The van der Waals surface area contributed by atoms with E-state index in [0.717, 1.165) is 6.42 Å². The summed E-state index contributed by atoms with van der Waals surface area (Å²) < 4.78 is 10.4. The highest BCUT2D eigenvalue weighted by molar-refractivity contribution is 5.75. The van der Waals surface area contributed by atoms with Gasteiger partial charge in [-0.25, -0.2) is 0 Å². The fraction of sp³-hybridized carbons (Fsp3) is 0.727. The third-order valence-electron chi connectivity index (χ3n) is 3.46. The van der Waals surface area contributed by atoms with Crippen molar-refractivity contribution in [3.8, 4) is 0 Å². The second kappa shape index (κ2) is 3.85. The smallest absolute Gasteiger partial charge is 0.309 e. The summed E-state index contributed by atoms with van der Waals surface area (Å²) in [6.07, 6.45) is 4.61. The van der Waals surface area contributed by atoms with E-state index in [4.69, 9.17) is 9.47 Å². The zero-order valence-electron chi connectivity index (χ0n) is 8.65. The van der Waals surface area contributed by atoms with Gasteiger partial charge in [-0.15, -0.1) is 0 Å². The van der Waals surface area contributed by atoms with E-state index < -0.39 is 11.4 Å². The normalized spacial score (nSPS) is 37.9. The number of carboxylic acids is 1. The lowest BCUT2D eigenvalue weighted by atomic mass is 9.72. The molecule has 0 aromatic carbocycles. The summed E-state index contributed by atoms with van der Waals surface area (Å²) in [6, 6.07) is 0. The van der Waals surface area contributed by atoms with E-state index in [1.54, 1.807) is 0 Å². The standard InChI is InChI=1S/C11H16O4/c1-2-14-6-5-11(10(12)13)4-3-8-9(7-11)15-8/h2,8-9H,1,3-7H2,(H,12,13). The van der Waals surface area contributed by atoms with Crippen LogP contribution in [0.1, 0.15) is 25.7 Å². The number of rotatable bonds is 5. The van der Waals surface area contributed by atoms with Crippen LogP contribution in [-0.2, 0) is 14.3 Å². The van der Waals surface area contributed by atoms with Crippen LogP contribution in [0.25, 0.3) is 0 Å². The van der Waals surface area contributed by atoms with Gasteiger partial charge in [0.15, 0.2) is 0 Å². The van der Waals surface area contributed by atoms with Crippen LogP contribution in [-0.4, -0.2) is 29.9 Å². The fourth-order valence-electron chi connectivity index (χ4n) is 2.38. The van der Waals surface area contributed by atoms with Crippen LogP contribution in [0.4, 0.5) is 0 Å². The molecule has 4 nitrogen and oxygen atoms in total. The molecule has 3 atom stereocenters. The molecule has 0 amide bonds. The molecule has 1 saturated heterocycles. The van der Waals surface area contributed by atoms with Gasteiger partial charge in [-0.3, -0.25) is 4.79 Å². The SMILES string of the molecule is C=COCCC1(C(=O)O)CCC2OC2C1. The second-order valence-electron chi connectivity index (χ2n) is 4.33. The molecule has 0 spiro atoms. The number of aliphatic carboxylic acids is 1. The Bertz CT molecular complexity index is 276. The molecule has 1 N–H and O–H groups in total. The molecule has 1 saturated carbocycles. The number of hydrogen-bond acceptors (Lipinski definition) is 3. The lowest BCUT2D eigenvalue weighted by Crippen LogP contribution is -2.37. The summed E-state index contributed by atoms with van der Waals surface area (Å²) in [5.41, 5.74) is -0.638. The van der Waals surface area contributed by atoms with Crippen molar-refractivity contribution >= 4 is 5.97 Å². The Labute approximate surface area is 88.9 Å². The molecular weight excluding hydrogens is 196 g/mol. The Hall–Kier alpha value is -1.03. The summed E-state index contributed by atoms with van der Waals surface area (Å²) in [5, 5.41) is 9.29. The van der Waals surface area contributed by atoms with Crippen LogP contribution in [0.3, 0.4) is 0 Å². The average Bonchev–Trinajstić information content (AvgIpc) is 2.95. The third-order valence-corrected chi connectivity index (χ3v) is 3.46. The van der Waals surface area contributed by atoms with E-state index in [0.29, 0.717) is 32.0 Å². The number of epoxide rings is 1. The Balaban J connectivity index is 1.96. The maximum absolute atomic E-state index is 11.3. The minimum atomic E-state index is -0.718. The first-order chi connectivity index (χ1) is 7.18. The Morgan fingerprint density at radius 1 is 1.67 bits per heavy atom. The van der Waals surface area contributed by atoms with Gasteiger partial charge in [-0.1, -0.05) is 6.58 Å². The molecule has 0 radical (unpaired) electrons. The van der Waals surface area contributed by atoms with Gasteiger partial charge in [0.1, 0.15) is 0 Å². The highest BCUT2D eigenvalue weighted by Gasteiger charge is 2.53. The molecule has 2 aliphatic rings. The number of ether oxygens (including phenoxy) is 2. The summed E-state index contributed by atoms with van der Waals surface area (Å²) in [6.45, 7) is 3.86. The minimum absolute atomic E-state index is 0.179. The molecular formula is C11H16O4. The van der Waals surface area contributed by atoms with Crippen molar-refractivity contribution in [3.63, 3.8) is 0 Å². The molecule has 0 bridgehead atoms. The third kappa shape index (κ3) is 2.00. The summed E-state index contributed by atoms with van der Waals surface area (Å²) in [4.78, 5) is 11.3. The maximum Gasteiger partial charge on any atom is 0.309 e. The van der Waals surface area contributed by atoms with E-state index in [1.165, 1.54) is 6.26 Å². The van der Waals surface area contributed by atoms with Crippen LogP contribution < -0.4 is 0 Å². The second-order valence-corrected chi connectivity index (χ2v) is 4.33. The van der Waals surface area contributed by atoms with Crippen LogP contribution in [0.15, 0.2) is 12.8 Å². The maximum atomic E-state index is 11.3. The summed E-state index contributed by atoms with van der Waals surface area (Å²) in [5.74, 6) is -0.718. The van der Waals surface area contributed by atoms with Gasteiger partial charge in [0.2, 0.25) is 0 Å². The topological polar surface area (TPSA) is 59.1 Å². The van der Waals surface area contributed by atoms with Crippen molar-refractivity contribution in [1.82, 2.24) is 0 Å². The zero-order valence-corrected chi connectivity index (χ0v) is 8.65. The van der Waals surface area contributed by atoms with E-state index in [9.17, 15) is 9.90 Å². The highest BCUT2D eigenvalue weighted by Crippen LogP contribution is 2.48. The zero-order chi connectivity index (χ0) is 10.9. The van der Waals surface area contributed by atoms with Crippen molar-refractivity contribution in [1.29, 1.82) is 0 Å². The summed E-state index contributed by atoms with van der Waals surface area (Å²) >= 11 is 0. The first-order valence-electron chi connectivity index (χ1n) is 5.29. The van der Waals surface area contributed by atoms with Crippen molar-refractivity contribution in [2.75, 3.05) is 6.61 Å². The van der Waals surface area contributed by atoms with E-state index in [2.05, 4.69) is 6.58 Å². The minimum Gasteiger partial charge on any atom is -0.502 e. The number of hydrogen-bond donors (Lipinski definition) is 1. The number of fused-ring (bicyclic) bond motifs is 1. The molecule has 4 heteroatoms. The van der Waals surface area contributed by atoms with E-state index in [-0.39, 0.29) is 6.10 Å². The predicted molar refractivity (Wildman–Crippen MR) is 53.3 cm³/mol.